The van der Waals surface area contributed by atoms with Gasteiger partial charge in [-0.3, -0.25) is 0 Å². The lowest BCUT2D eigenvalue weighted by atomic mass is 9.99. The molecule has 100 valence electrons. The predicted octanol–water partition coefficient (Wildman–Crippen LogP) is 3.99. The standard InChI is InChI=1S/C15H17BrN2O/c16-12-5-6-14-11(7-12)3-1-2-4-15(14)17-8-13-9-19-10-18-13/h5-7,9-10,15,17H,1-4,8H2/t15-/m0/s1. The van der Waals surface area contributed by atoms with E-state index in [2.05, 4.69) is 44.4 Å². The number of benzene rings is 1. The van der Waals surface area contributed by atoms with Crippen molar-refractivity contribution in [3.63, 3.8) is 0 Å². The lowest BCUT2D eigenvalue weighted by molar-refractivity contribution is 0.484. The van der Waals surface area contributed by atoms with Crippen molar-refractivity contribution in [3.8, 4) is 0 Å². The van der Waals surface area contributed by atoms with Crippen LogP contribution in [0.15, 0.2) is 39.7 Å². The second-order valence-electron chi connectivity index (χ2n) is 5.00. The van der Waals surface area contributed by atoms with Crippen LogP contribution < -0.4 is 5.32 Å². The molecule has 0 unspecified atom stereocenters. The summed E-state index contributed by atoms with van der Waals surface area (Å²) in [4.78, 5) is 4.16. The number of hydrogen-bond donors (Lipinski definition) is 1. The van der Waals surface area contributed by atoms with Crippen LogP contribution in [0.25, 0.3) is 0 Å². The summed E-state index contributed by atoms with van der Waals surface area (Å²) >= 11 is 3.56. The monoisotopic (exact) mass is 320 g/mol. The Kier molecular flexibility index (Phi) is 3.99. The van der Waals surface area contributed by atoms with Gasteiger partial charge in [-0.25, -0.2) is 4.98 Å². The fourth-order valence-corrected chi connectivity index (χ4v) is 3.12. The Balaban J connectivity index is 1.78. The summed E-state index contributed by atoms with van der Waals surface area (Å²) in [5.74, 6) is 0. The fourth-order valence-electron chi connectivity index (χ4n) is 2.71. The largest absolute Gasteiger partial charge is 0.451 e. The summed E-state index contributed by atoms with van der Waals surface area (Å²) in [5, 5.41) is 3.60. The Morgan fingerprint density at radius 2 is 2.32 bits per heavy atom. The SMILES string of the molecule is Brc1ccc2c(c1)CCCC[C@@H]2NCc1cocn1. The number of fused-ring (bicyclic) bond motifs is 1. The average Bonchev–Trinajstić information content (AvgIpc) is 2.84. The molecular weight excluding hydrogens is 304 g/mol. The molecule has 0 saturated heterocycles. The first-order valence-corrected chi connectivity index (χ1v) is 7.51. The summed E-state index contributed by atoms with van der Waals surface area (Å²) < 4.78 is 6.18. The van der Waals surface area contributed by atoms with Gasteiger partial charge < -0.3 is 9.73 Å². The van der Waals surface area contributed by atoms with Gasteiger partial charge in [0.2, 0.25) is 0 Å². The maximum absolute atomic E-state index is 5.01. The minimum atomic E-state index is 0.419. The molecule has 3 rings (SSSR count). The van der Waals surface area contributed by atoms with Crippen molar-refractivity contribution in [2.24, 2.45) is 0 Å². The van der Waals surface area contributed by atoms with Gasteiger partial charge >= 0.3 is 0 Å². The molecule has 0 bridgehead atoms. The Morgan fingerprint density at radius 3 is 3.16 bits per heavy atom. The van der Waals surface area contributed by atoms with Gasteiger partial charge in [0.05, 0.1) is 5.69 Å². The molecular formula is C15H17BrN2O. The summed E-state index contributed by atoms with van der Waals surface area (Å²) in [6, 6.07) is 7.05. The van der Waals surface area contributed by atoms with Crippen LogP contribution in [0.1, 0.15) is 42.1 Å². The van der Waals surface area contributed by atoms with Crippen molar-refractivity contribution in [2.75, 3.05) is 0 Å². The van der Waals surface area contributed by atoms with E-state index in [-0.39, 0.29) is 0 Å². The number of halogens is 1. The maximum Gasteiger partial charge on any atom is 0.180 e. The highest BCUT2D eigenvalue weighted by atomic mass is 79.9. The average molecular weight is 321 g/mol. The molecule has 0 aliphatic heterocycles. The van der Waals surface area contributed by atoms with Gasteiger partial charge in [-0.2, -0.15) is 0 Å². The number of nitrogens with zero attached hydrogens (tertiary/aromatic N) is 1. The molecule has 1 aliphatic rings. The zero-order chi connectivity index (χ0) is 13.1. The van der Waals surface area contributed by atoms with Gasteiger partial charge in [-0.1, -0.05) is 28.4 Å². The Bertz CT molecular complexity index is 539. The molecule has 1 aliphatic carbocycles. The van der Waals surface area contributed by atoms with Crippen LogP contribution in [-0.4, -0.2) is 4.98 Å². The number of nitrogens with one attached hydrogen (secondary N) is 1. The van der Waals surface area contributed by atoms with E-state index in [1.54, 1.807) is 6.26 Å². The van der Waals surface area contributed by atoms with Crippen LogP contribution in [0.3, 0.4) is 0 Å². The normalized spacial score (nSPS) is 18.9. The molecule has 0 radical (unpaired) electrons. The fraction of sp³-hybridized carbons (Fsp3) is 0.400. The molecule has 1 atom stereocenters. The predicted molar refractivity (Wildman–Crippen MR) is 77.8 cm³/mol. The quantitative estimate of drug-likeness (QED) is 0.869. The third-order valence-corrected chi connectivity index (χ3v) is 4.18. The molecule has 3 nitrogen and oxygen atoms in total. The van der Waals surface area contributed by atoms with E-state index in [4.69, 9.17) is 4.42 Å². The highest BCUT2D eigenvalue weighted by Gasteiger charge is 2.18. The smallest absolute Gasteiger partial charge is 0.180 e. The van der Waals surface area contributed by atoms with Crippen LogP contribution in [0, 0.1) is 0 Å². The van der Waals surface area contributed by atoms with E-state index in [0.29, 0.717) is 6.04 Å². The molecule has 0 fully saturated rings. The zero-order valence-electron chi connectivity index (χ0n) is 10.7. The minimum Gasteiger partial charge on any atom is -0.451 e. The van der Waals surface area contributed by atoms with Gasteiger partial charge in [0.15, 0.2) is 6.39 Å². The summed E-state index contributed by atoms with van der Waals surface area (Å²) in [7, 11) is 0. The van der Waals surface area contributed by atoms with Crippen LogP contribution in [0.5, 0.6) is 0 Å². The molecule has 2 aromatic rings. The topological polar surface area (TPSA) is 38.1 Å². The summed E-state index contributed by atoms with van der Waals surface area (Å²) in [6.45, 7) is 0.761. The third kappa shape index (κ3) is 3.07. The van der Waals surface area contributed by atoms with Crippen molar-refractivity contribution >= 4 is 15.9 Å². The van der Waals surface area contributed by atoms with Gasteiger partial charge in [0.1, 0.15) is 6.26 Å². The van der Waals surface area contributed by atoms with Gasteiger partial charge in [-0.05, 0) is 42.5 Å². The van der Waals surface area contributed by atoms with E-state index in [9.17, 15) is 0 Å². The van der Waals surface area contributed by atoms with E-state index in [1.165, 1.54) is 47.7 Å². The van der Waals surface area contributed by atoms with Crippen molar-refractivity contribution < 1.29 is 4.42 Å². The number of rotatable bonds is 3. The van der Waals surface area contributed by atoms with Crippen LogP contribution >= 0.6 is 15.9 Å². The van der Waals surface area contributed by atoms with Crippen molar-refractivity contribution in [3.05, 3.63) is 52.1 Å². The highest BCUT2D eigenvalue weighted by Crippen LogP contribution is 2.30. The zero-order valence-corrected chi connectivity index (χ0v) is 12.3. The van der Waals surface area contributed by atoms with Gasteiger partial charge in [-0.15, -0.1) is 0 Å². The van der Waals surface area contributed by atoms with Crippen molar-refractivity contribution in [1.82, 2.24) is 10.3 Å². The van der Waals surface area contributed by atoms with Crippen LogP contribution in [0.2, 0.25) is 0 Å². The van der Waals surface area contributed by atoms with E-state index in [0.717, 1.165) is 12.2 Å². The molecule has 4 heteroatoms. The molecule has 1 aromatic carbocycles. The molecule has 1 N–H and O–H groups in total. The number of oxazole rings is 1. The maximum atomic E-state index is 5.01. The second-order valence-corrected chi connectivity index (χ2v) is 5.92. The Hall–Kier alpha value is -1.13. The molecule has 19 heavy (non-hydrogen) atoms. The summed E-state index contributed by atoms with van der Waals surface area (Å²) in [6.07, 6.45) is 8.08. The lowest BCUT2D eigenvalue weighted by Gasteiger charge is -2.19. The van der Waals surface area contributed by atoms with Crippen LogP contribution in [0.4, 0.5) is 0 Å². The summed E-state index contributed by atoms with van der Waals surface area (Å²) in [5.41, 5.74) is 3.86. The van der Waals surface area contributed by atoms with Crippen LogP contribution in [-0.2, 0) is 13.0 Å². The van der Waals surface area contributed by atoms with Gasteiger partial charge in [0, 0.05) is 17.1 Å². The Morgan fingerprint density at radius 1 is 1.37 bits per heavy atom. The van der Waals surface area contributed by atoms with Crippen molar-refractivity contribution in [2.45, 2.75) is 38.3 Å². The van der Waals surface area contributed by atoms with Crippen molar-refractivity contribution in [1.29, 1.82) is 0 Å². The Labute approximate surface area is 121 Å². The molecule has 0 spiro atoms. The molecule has 1 aromatic heterocycles. The first kappa shape index (κ1) is 12.9. The van der Waals surface area contributed by atoms with E-state index < -0.39 is 0 Å². The third-order valence-electron chi connectivity index (χ3n) is 3.68. The molecule has 0 saturated carbocycles. The minimum absolute atomic E-state index is 0.419. The highest BCUT2D eigenvalue weighted by molar-refractivity contribution is 9.10. The first-order chi connectivity index (χ1) is 9.33. The molecule has 0 amide bonds. The molecule has 1 heterocycles. The first-order valence-electron chi connectivity index (χ1n) is 6.72. The van der Waals surface area contributed by atoms with E-state index >= 15 is 0 Å². The number of aryl methyl sites for hydroxylation is 1. The van der Waals surface area contributed by atoms with Gasteiger partial charge in [0.25, 0.3) is 0 Å². The number of hydrogen-bond acceptors (Lipinski definition) is 3. The van der Waals surface area contributed by atoms with E-state index in [1.807, 2.05) is 0 Å². The number of aromatic nitrogens is 1. The second kappa shape index (κ2) is 5.88. The lowest BCUT2D eigenvalue weighted by Crippen LogP contribution is -2.21.